The normalized spacial score (nSPS) is 12.5. The summed E-state index contributed by atoms with van der Waals surface area (Å²) in [6, 6.07) is 11.5. The molecule has 1 rings (SSSR count). The van der Waals surface area contributed by atoms with E-state index >= 15 is 0 Å². The molecule has 0 aliphatic heterocycles. The highest BCUT2D eigenvalue weighted by molar-refractivity contribution is 5.14. The molecular weight excluding hydrogens is 254 g/mol. The quantitative estimate of drug-likeness (QED) is 0.433. The molecule has 1 heteroatoms. The molecule has 0 bridgehead atoms. The van der Waals surface area contributed by atoms with Crippen LogP contribution in [0.2, 0.25) is 0 Å². The van der Waals surface area contributed by atoms with E-state index in [-0.39, 0.29) is 0 Å². The van der Waals surface area contributed by atoms with Crippen LogP contribution in [0, 0.1) is 0 Å². The van der Waals surface area contributed by atoms with Gasteiger partial charge in [-0.3, -0.25) is 0 Å². The van der Waals surface area contributed by atoms with Crippen molar-refractivity contribution in [2.24, 2.45) is 0 Å². The van der Waals surface area contributed by atoms with Crippen LogP contribution in [0.4, 0.5) is 0 Å². The molecular formula is C20H35N. The fraction of sp³-hybridized carbons (Fsp3) is 0.700. The van der Waals surface area contributed by atoms with Gasteiger partial charge in [0.05, 0.1) is 0 Å². The maximum Gasteiger partial charge on any atom is 0.0208 e. The maximum atomic E-state index is 3.79. The minimum Gasteiger partial charge on any atom is -0.310 e. The van der Waals surface area contributed by atoms with Crippen molar-refractivity contribution in [2.45, 2.75) is 90.6 Å². The molecule has 1 aromatic rings. The van der Waals surface area contributed by atoms with E-state index in [1.807, 2.05) is 0 Å². The Labute approximate surface area is 132 Å². The summed E-state index contributed by atoms with van der Waals surface area (Å²) in [5.74, 6) is 0. The fourth-order valence-electron chi connectivity index (χ4n) is 2.84. The van der Waals surface area contributed by atoms with Gasteiger partial charge in [0.25, 0.3) is 0 Å². The summed E-state index contributed by atoms with van der Waals surface area (Å²) >= 11 is 0. The first-order valence-electron chi connectivity index (χ1n) is 9.14. The van der Waals surface area contributed by atoms with Gasteiger partial charge in [0, 0.05) is 12.6 Å². The summed E-state index contributed by atoms with van der Waals surface area (Å²) in [6.07, 6.45) is 13.7. The minimum atomic E-state index is 0.707. The summed E-state index contributed by atoms with van der Waals surface area (Å²) in [5.41, 5.74) is 1.41. The average Bonchev–Trinajstić information content (AvgIpc) is 2.53. The van der Waals surface area contributed by atoms with Crippen molar-refractivity contribution in [2.75, 3.05) is 0 Å². The third kappa shape index (κ3) is 9.68. The summed E-state index contributed by atoms with van der Waals surface area (Å²) in [4.78, 5) is 0. The van der Waals surface area contributed by atoms with Crippen molar-refractivity contribution in [1.29, 1.82) is 0 Å². The fourth-order valence-corrected chi connectivity index (χ4v) is 2.84. The second-order valence-corrected chi connectivity index (χ2v) is 6.26. The van der Waals surface area contributed by atoms with E-state index in [0.717, 1.165) is 6.54 Å². The lowest BCUT2D eigenvalue weighted by molar-refractivity contribution is 0.414. The molecule has 0 amide bonds. The van der Waals surface area contributed by atoms with Crippen molar-refractivity contribution < 1.29 is 0 Å². The number of nitrogens with one attached hydrogen (secondary N) is 1. The van der Waals surface area contributed by atoms with E-state index < -0.39 is 0 Å². The van der Waals surface area contributed by atoms with Crippen LogP contribution in [0.1, 0.15) is 83.6 Å². The molecule has 1 aromatic carbocycles. The van der Waals surface area contributed by atoms with E-state index in [0.29, 0.717) is 6.04 Å². The van der Waals surface area contributed by atoms with Crippen LogP contribution in [0.15, 0.2) is 30.3 Å². The van der Waals surface area contributed by atoms with Gasteiger partial charge in [0.2, 0.25) is 0 Å². The third-order valence-electron chi connectivity index (χ3n) is 4.25. The molecule has 1 N–H and O–H groups in total. The van der Waals surface area contributed by atoms with Crippen LogP contribution in [0.25, 0.3) is 0 Å². The Morgan fingerprint density at radius 3 is 2.00 bits per heavy atom. The van der Waals surface area contributed by atoms with Gasteiger partial charge in [0.15, 0.2) is 0 Å². The van der Waals surface area contributed by atoms with Crippen LogP contribution >= 0.6 is 0 Å². The first kappa shape index (κ1) is 18.2. The molecule has 0 aliphatic carbocycles. The zero-order chi connectivity index (χ0) is 15.2. The highest BCUT2D eigenvalue weighted by atomic mass is 14.9. The van der Waals surface area contributed by atoms with Crippen LogP contribution < -0.4 is 5.32 Å². The molecule has 0 radical (unpaired) electrons. The standard InChI is InChI=1S/C20H35N/c1-3-5-7-8-13-17-20(16-10-6-4-2)21-18-19-14-11-9-12-15-19/h9,11-12,14-15,20-21H,3-8,10,13,16-18H2,1-2H3. The van der Waals surface area contributed by atoms with Crippen LogP contribution in [-0.2, 0) is 6.54 Å². The number of benzene rings is 1. The van der Waals surface area contributed by atoms with Crippen LogP contribution in [-0.4, -0.2) is 6.04 Å². The Hall–Kier alpha value is -0.820. The first-order chi connectivity index (χ1) is 10.4. The average molecular weight is 290 g/mol. The highest BCUT2D eigenvalue weighted by Crippen LogP contribution is 2.13. The van der Waals surface area contributed by atoms with Crippen LogP contribution in [0.3, 0.4) is 0 Å². The Balaban J connectivity index is 2.26. The van der Waals surface area contributed by atoms with Crippen molar-refractivity contribution in [3.63, 3.8) is 0 Å². The molecule has 0 aromatic heterocycles. The van der Waals surface area contributed by atoms with E-state index in [1.54, 1.807) is 0 Å². The monoisotopic (exact) mass is 289 g/mol. The van der Waals surface area contributed by atoms with Gasteiger partial charge in [-0.2, -0.15) is 0 Å². The SMILES string of the molecule is CCCCCCCC(CCCCC)NCc1ccccc1. The molecule has 0 saturated carbocycles. The first-order valence-corrected chi connectivity index (χ1v) is 9.14. The van der Waals surface area contributed by atoms with E-state index in [9.17, 15) is 0 Å². The predicted molar refractivity (Wildman–Crippen MR) is 94.6 cm³/mol. The molecule has 0 saturated heterocycles. The largest absolute Gasteiger partial charge is 0.310 e. The molecule has 0 heterocycles. The van der Waals surface area contributed by atoms with E-state index in [4.69, 9.17) is 0 Å². The minimum absolute atomic E-state index is 0.707. The van der Waals surface area contributed by atoms with Gasteiger partial charge in [-0.25, -0.2) is 0 Å². The number of unbranched alkanes of at least 4 members (excludes halogenated alkanes) is 6. The molecule has 1 nitrogen and oxygen atoms in total. The highest BCUT2D eigenvalue weighted by Gasteiger charge is 2.07. The van der Waals surface area contributed by atoms with Crippen molar-refractivity contribution in [3.8, 4) is 0 Å². The molecule has 0 aliphatic rings. The molecule has 1 atom stereocenters. The Kier molecular flexibility index (Phi) is 11.2. The molecule has 0 spiro atoms. The lowest BCUT2D eigenvalue weighted by Gasteiger charge is -2.19. The number of hydrogen-bond donors (Lipinski definition) is 1. The third-order valence-corrected chi connectivity index (χ3v) is 4.25. The smallest absolute Gasteiger partial charge is 0.0208 e. The van der Waals surface area contributed by atoms with Gasteiger partial charge in [-0.1, -0.05) is 95.5 Å². The lowest BCUT2D eigenvalue weighted by Crippen LogP contribution is -2.28. The molecule has 1 unspecified atom stereocenters. The second-order valence-electron chi connectivity index (χ2n) is 6.26. The number of rotatable bonds is 13. The van der Waals surface area contributed by atoms with Gasteiger partial charge in [-0.15, -0.1) is 0 Å². The van der Waals surface area contributed by atoms with Gasteiger partial charge >= 0.3 is 0 Å². The van der Waals surface area contributed by atoms with Crippen molar-refractivity contribution >= 4 is 0 Å². The maximum absolute atomic E-state index is 3.79. The Morgan fingerprint density at radius 2 is 1.33 bits per heavy atom. The molecule has 21 heavy (non-hydrogen) atoms. The zero-order valence-corrected chi connectivity index (χ0v) is 14.2. The van der Waals surface area contributed by atoms with E-state index in [1.165, 1.54) is 69.8 Å². The summed E-state index contributed by atoms with van der Waals surface area (Å²) in [7, 11) is 0. The Morgan fingerprint density at radius 1 is 0.762 bits per heavy atom. The summed E-state index contributed by atoms with van der Waals surface area (Å²) < 4.78 is 0. The van der Waals surface area contributed by atoms with Gasteiger partial charge in [0.1, 0.15) is 0 Å². The van der Waals surface area contributed by atoms with Crippen molar-refractivity contribution in [3.05, 3.63) is 35.9 Å². The topological polar surface area (TPSA) is 12.0 Å². The Bertz CT molecular complexity index is 320. The van der Waals surface area contributed by atoms with E-state index in [2.05, 4.69) is 49.5 Å². The molecule has 120 valence electrons. The summed E-state index contributed by atoms with van der Waals surface area (Å²) in [5, 5.41) is 3.79. The van der Waals surface area contributed by atoms with Crippen LogP contribution in [0.5, 0.6) is 0 Å². The van der Waals surface area contributed by atoms with Crippen molar-refractivity contribution in [1.82, 2.24) is 5.32 Å². The molecule has 0 fully saturated rings. The number of hydrogen-bond acceptors (Lipinski definition) is 1. The lowest BCUT2D eigenvalue weighted by atomic mass is 10.0. The van der Waals surface area contributed by atoms with Gasteiger partial charge in [-0.05, 0) is 18.4 Å². The predicted octanol–water partition coefficient (Wildman–Crippen LogP) is 6.09. The summed E-state index contributed by atoms with van der Waals surface area (Å²) in [6.45, 7) is 5.60. The zero-order valence-electron chi connectivity index (χ0n) is 14.2. The van der Waals surface area contributed by atoms with Gasteiger partial charge < -0.3 is 5.32 Å². The second kappa shape index (κ2) is 12.9.